The molecule has 1 aromatic carbocycles. The Balaban J connectivity index is 1.72. The molecule has 36 heavy (non-hydrogen) atoms. The van der Waals surface area contributed by atoms with E-state index in [0.29, 0.717) is 28.9 Å². The molecule has 4 aromatic rings. The predicted molar refractivity (Wildman–Crippen MR) is 137 cm³/mol. The van der Waals surface area contributed by atoms with Crippen molar-refractivity contribution in [3.05, 3.63) is 94.2 Å². The minimum Gasteiger partial charge on any atom is -0.278 e. The highest BCUT2D eigenvalue weighted by atomic mass is 35.5. The Morgan fingerprint density at radius 1 is 1.03 bits per heavy atom. The van der Waals surface area contributed by atoms with Crippen LogP contribution in [-0.4, -0.2) is 28.4 Å². The van der Waals surface area contributed by atoms with Crippen LogP contribution in [0.5, 0.6) is 0 Å². The quantitative estimate of drug-likeness (QED) is 0.367. The SMILES string of the molecule is CCc1ncnc(-c2ccnc(C)c2)c1C#Cc1cnc(C)c(NS(=O)(=O)c2ccc(F)cc2Cl)c1. The van der Waals surface area contributed by atoms with Crippen molar-refractivity contribution in [2.24, 2.45) is 0 Å². The second kappa shape index (κ2) is 10.4. The van der Waals surface area contributed by atoms with Crippen molar-refractivity contribution in [1.82, 2.24) is 19.9 Å². The Kier molecular flexibility index (Phi) is 7.29. The number of rotatable bonds is 5. The Bertz CT molecular complexity index is 1630. The molecule has 0 fully saturated rings. The van der Waals surface area contributed by atoms with Gasteiger partial charge in [-0.3, -0.25) is 14.7 Å². The second-order valence-corrected chi connectivity index (χ2v) is 9.93. The van der Waals surface area contributed by atoms with Crippen molar-refractivity contribution in [1.29, 1.82) is 0 Å². The number of hydrogen-bond donors (Lipinski definition) is 1. The van der Waals surface area contributed by atoms with E-state index in [2.05, 4.69) is 36.5 Å². The third-order valence-corrected chi connectivity index (χ3v) is 7.13. The summed E-state index contributed by atoms with van der Waals surface area (Å²) in [7, 11) is -4.09. The van der Waals surface area contributed by atoms with E-state index in [1.54, 1.807) is 25.4 Å². The molecule has 0 aliphatic carbocycles. The molecule has 1 N–H and O–H groups in total. The van der Waals surface area contributed by atoms with Gasteiger partial charge in [-0.15, -0.1) is 0 Å². The van der Waals surface area contributed by atoms with Crippen LogP contribution in [0.25, 0.3) is 11.3 Å². The van der Waals surface area contributed by atoms with Gasteiger partial charge in [0.05, 0.1) is 33.4 Å². The molecule has 0 atom stereocenters. The lowest BCUT2D eigenvalue weighted by molar-refractivity contribution is 0.599. The standard InChI is InChI=1S/C26H21ClFN5O2S/c1-4-23-21(26(32-15-31-23)19-9-10-29-16(2)11-19)7-5-18-12-24(17(3)30-14-18)33-36(34,35)25-8-6-20(28)13-22(25)27/h6,8-15,33H,4H2,1-3H3. The highest BCUT2D eigenvalue weighted by Crippen LogP contribution is 2.26. The third-order valence-electron chi connectivity index (χ3n) is 5.28. The molecule has 0 spiro atoms. The van der Waals surface area contributed by atoms with E-state index in [0.717, 1.165) is 35.2 Å². The largest absolute Gasteiger partial charge is 0.278 e. The Labute approximate surface area is 213 Å². The van der Waals surface area contributed by atoms with Crippen LogP contribution in [0.3, 0.4) is 0 Å². The Morgan fingerprint density at radius 3 is 2.56 bits per heavy atom. The van der Waals surface area contributed by atoms with Gasteiger partial charge in [0, 0.05) is 29.2 Å². The van der Waals surface area contributed by atoms with Crippen LogP contribution >= 0.6 is 11.6 Å². The van der Waals surface area contributed by atoms with Gasteiger partial charge in [-0.05, 0) is 56.7 Å². The summed E-state index contributed by atoms with van der Waals surface area (Å²) in [5.41, 5.74) is 5.01. The molecule has 10 heteroatoms. The van der Waals surface area contributed by atoms with E-state index in [9.17, 15) is 12.8 Å². The second-order valence-electron chi connectivity index (χ2n) is 7.87. The van der Waals surface area contributed by atoms with Gasteiger partial charge in [0.15, 0.2) is 0 Å². The van der Waals surface area contributed by atoms with E-state index < -0.39 is 15.8 Å². The van der Waals surface area contributed by atoms with Gasteiger partial charge in [-0.2, -0.15) is 0 Å². The Hall–Kier alpha value is -3.87. The van der Waals surface area contributed by atoms with Gasteiger partial charge in [0.1, 0.15) is 17.0 Å². The summed E-state index contributed by atoms with van der Waals surface area (Å²) in [6.07, 6.45) is 5.43. The monoisotopic (exact) mass is 521 g/mol. The molecule has 0 bridgehead atoms. The number of benzene rings is 1. The number of sulfonamides is 1. The summed E-state index contributed by atoms with van der Waals surface area (Å²) in [5.74, 6) is 5.57. The number of hydrogen-bond acceptors (Lipinski definition) is 6. The van der Waals surface area contributed by atoms with E-state index in [4.69, 9.17) is 11.6 Å². The van der Waals surface area contributed by atoms with Crippen LogP contribution in [0.1, 0.15) is 35.1 Å². The van der Waals surface area contributed by atoms with Gasteiger partial charge >= 0.3 is 0 Å². The Morgan fingerprint density at radius 2 is 1.83 bits per heavy atom. The predicted octanol–water partition coefficient (Wildman–Crippen LogP) is 5.11. The summed E-state index contributed by atoms with van der Waals surface area (Å²) >= 11 is 5.96. The number of nitrogens with one attached hydrogen (secondary N) is 1. The molecule has 0 unspecified atom stereocenters. The zero-order valence-corrected chi connectivity index (χ0v) is 21.2. The molecule has 0 saturated carbocycles. The number of pyridine rings is 2. The van der Waals surface area contributed by atoms with Crippen molar-refractivity contribution >= 4 is 27.3 Å². The average Bonchev–Trinajstić information content (AvgIpc) is 2.84. The van der Waals surface area contributed by atoms with Gasteiger partial charge in [0.25, 0.3) is 10.0 Å². The normalized spacial score (nSPS) is 11.0. The topological polar surface area (TPSA) is 97.7 Å². The van der Waals surface area contributed by atoms with Crippen molar-refractivity contribution in [3.63, 3.8) is 0 Å². The fraction of sp³-hybridized carbons (Fsp3) is 0.154. The minimum absolute atomic E-state index is 0.223. The summed E-state index contributed by atoms with van der Waals surface area (Å²) in [6.45, 7) is 5.54. The number of nitrogens with zero attached hydrogens (tertiary/aromatic N) is 4. The maximum absolute atomic E-state index is 13.4. The van der Waals surface area contributed by atoms with Crippen molar-refractivity contribution in [3.8, 4) is 23.1 Å². The molecule has 4 rings (SSSR count). The first kappa shape index (κ1) is 25.2. The van der Waals surface area contributed by atoms with Crippen LogP contribution in [-0.2, 0) is 16.4 Å². The van der Waals surface area contributed by atoms with Gasteiger partial charge < -0.3 is 0 Å². The maximum atomic E-state index is 13.4. The summed E-state index contributed by atoms with van der Waals surface area (Å²) in [6, 6.07) is 8.45. The molecule has 0 aliphatic heterocycles. The first-order valence-corrected chi connectivity index (χ1v) is 12.8. The van der Waals surface area contributed by atoms with Gasteiger partial charge in [-0.25, -0.2) is 22.8 Å². The van der Waals surface area contributed by atoms with Crippen molar-refractivity contribution in [2.45, 2.75) is 32.1 Å². The van der Waals surface area contributed by atoms with Crippen LogP contribution in [0, 0.1) is 31.5 Å². The summed E-state index contributed by atoms with van der Waals surface area (Å²) in [5, 5.41) is -0.223. The number of anilines is 1. The van der Waals surface area contributed by atoms with E-state index in [-0.39, 0.29) is 15.6 Å². The molecule has 3 aromatic heterocycles. The maximum Gasteiger partial charge on any atom is 0.263 e. The molecule has 0 amide bonds. The lowest BCUT2D eigenvalue weighted by atomic mass is 10.0. The fourth-order valence-electron chi connectivity index (χ4n) is 3.47. The van der Waals surface area contributed by atoms with Crippen LogP contribution in [0.2, 0.25) is 5.02 Å². The van der Waals surface area contributed by atoms with E-state index in [1.807, 2.05) is 26.0 Å². The van der Waals surface area contributed by atoms with Crippen LogP contribution < -0.4 is 4.72 Å². The molecule has 0 saturated heterocycles. The zero-order valence-electron chi connectivity index (χ0n) is 19.7. The molecule has 3 heterocycles. The van der Waals surface area contributed by atoms with E-state index >= 15 is 0 Å². The molecule has 0 aliphatic rings. The van der Waals surface area contributed by atoms with Gasteiger partial charge in [-0.1, -0.05) is 30.4 Å². The lowest BCUT2D eigenvalue weighted by Crippen LogP contribution is -2.15. The third kappa shape index (κ3) is 5.51. The molecule has 0 radical (unpaired) electrons. The van der Waals surface area contributed by atoms with Crippen LogP contribution in [0.15, 0.2) is 60.0 Å². The minimum atomic E-state index is -4.09. The lowest BCUT2D eigenvalue weighted by Gasteiger charge is -2.11. The fourth-order valence-corrected chi connectivity index (χ4v) is 5.11. The smallest absolute Gasteiger partial charge is 0.263 e. The van der Waals surface area contributed by atoms with Crippen LogP contribution in [0.4, 0.5) is 10.1 Å². The van der Waals surface area contributed by atoms with E-state index in [1.165, 1.54) is 6.33 Å². The first-order valence-electron chi connectivity index (χ1n) is 10.9. The highest BCUT2D eigenvalue weighted by Gasteiger charge is 2.20. The average molecular weight is 522 g/mol. The molecule has 7 nitrogen and oxygen atoms in total. The number of halogens is 2. The molecular formula is C26H21ClFN5O2S. The van der Waals surface area contributed by atoms with Crippen molar-refractivity contribution < 1.29 is 12.8 Å². The molecular weight excluding hydrogens is 501 g/mol. The van der Waals surface area contributed by atoms with Gasteiger partial charge in [0.2, 0.25) is 0 Å². The molecule has 182 valence electrons. The zero-order chi connectivity index (χ0) is 25.9. The highest BCUT2D eigenvalue weighted by molar-refractivity contribution is 7.92. The first-order chi connectivity index (χ1) is 17.2. The number of aromatic nitrogens is 4. The van der Waals surface area contributed by atoms with Crippen molar-refractivity contribution in [2.75, 3.05) is 4.72 Å². The summed E-state index contributed by atoms with van der Waals surface area (Å²) < 4.78 is 41.6. The summed E-state index contributed by atoms with van der Waals surface area (Å²) in [4.78, 5) is 17.1. The number of aryl methyl sites for hydroxylation is 3.